The van der Waals surface area contributed by atoms with Gasteiger partial charge in [-0.3, -0.25) is 0 Å². The quantitative estimate of drug-likeness (QED) is 0.289. The summed E-state index contributed by atoms with van der Waals surface area (Å²) >= 11 is 1.64. The largest absolute Gasteiger partial charge is 0.497 e. The predicted octanol–water partition coefficient (Wildman–Crippen LogP) is 6.66. The van der Waals surface area contributed by atoms with Crippen molar-refractivity contribution in [2.24, 2.45) is 0 Å². The summed E-state index contributed by atoms with van der Waals surface area (Å²) in [5.74, 6) is 1.63. The fourth-order valence-electron chi connectivity index (χ4n) is 3.73. The van der Waals surface area contributed by atoms with Crippen LogP contribution in [0.2, 0.25) is 0 Å². The van der Waals surface area contributed by atoms with E-state index in [4.69, 9.17) is 19.6 Å². The van der Waals surface area contributed by atoms with Gasteiger partial charge in [0, 0.05) is 21.6 Å². The normalized spacial score (nSPS) is 10.9. The van der Waals surface area contributed by atoms with Crippen LogP contribution in [-0.2, 0) is 0 Å². The van der Waals surface area contributed by atoms with Crippen molar-refractivity contribution in [1.82, 2.24) is 14.8 Å². The molecule has 164 valence electrons. The van der Waals surface area contributed by atoms with E-state index in [-0.39, 0.29) is 0 Å². The zero-order chi connectivity index (χ0) is 22.8. The van der Waals surface area contributed by atoms with Gasteiger partial charge in [-0.25, -0.2) is 9.67 Å². The molecule has 6 heteroatoms. The second kappa shape index (κ2) is 8.92. The molecule has 0 radical (unpaired) electrons. The molecule has 2 heterocycles. The Balaban J connectivity index is 1.64. The molecule has 0 spiro atoms. The van der Waals surface area contributed by atoms with E-state index in [1.165, 1.54) is 0 Å². The Morgan fingerprint density at radius 1 is 0.727 bits per heavy atom. The fourth-order valence-corrected chi connectivity index (χ4v) is 4.63. The van der Waals surface area contributed by atoms with Gasteiger partial charge < -0.3 is 9.47 Å². The maximum Gasteiger partial charge on any atom is 0.211 e. The molecule has 5 rings (SSSR count). The van der Waals surface area contributed by atoms with Gasteiger partial charge in [-0.15, -0.1) is 0 Å². The highest BCUT2D eigenvalue weighted by Gasteiger charge is 2.18. The van der Waals surface area contributed by atoms with Crippen molar-refractivity contribution >= 4 is 11.3 Å². The molecule has 5 nitrogen and oxygen atoms in total. The zero-order valence-corrected chi connectivity index (χ0v) is 19.5. The number of benzene rings is 3. The number of rotatable bonds is 6. The van der Waals surface area contributed by atoms with Crippen molar-refractivity contribution in [1.29, 1.82) is 0 Å². The summed E-state index contributed by atoms with van der Waals surface area (Å²) in [5.41, 5.74) is 5.98. The van der Waals surface area contributed by atoms with E-state index in [1.54, 1.807) is 25.6 Å². The third-order valence-corrected chi connectivity index (χ3v) is 6.44. The van der Waals surface area contributed by atoms with Gasteiger partial charge in [0.1, 0.15) is 11.5 Å². The third-order valence-electron chi connectivity index (χ3n) is 5.49. The lowest BCUT2D eigenvalue weighted by atomic mass is 10.1. The van der Waals surface area contributed by atoms with E-state index < -0.39 is 0 Å². The summed E-state index contributed by atoms with van der Waals surface area (Å²) < 4.78 is 12.6. The summed E-state index contributed by atoms with van der Waals surface area (Å²) in [6.45, 7) is 2.10. The number of hydrogen-bond donors (Lipinski definition) is 0. The molecule has 0 N–H and O–H groups in total. The highest BCUT2D eigenvalue weighted by atomic mass is 32.1. The van der Waals surface area contributed by atoms with E-state index >= 15 is 0 Å². The highest BCUT2D eigenvalue weighted by Crippen LogP contribution is 2.34. The Morgan fingerprint density at radius 2 is 1.33 bits per heavy atom. The molecule has 0 bridgehead atoms. The number of hydrogen-bond acceptors (Lipinski definition) is 5. The van der Waals surface area contributed by atoms with Crippen molar-refractivity contribution in [2.75, 3.05) is 14.2 Å². The van der Waals surface area contributed by atoms with Crippen LogP contribution in [0.3, 0.4) is 0 Å². The minimum Gasteiger partial charge on any atom is -0.497 e. The van der Waals surface area contributed by atoms with E-state index in [0.29, 0.717) is 0 Å². The van der Waals surface area contributed by atoms with E-state index in [1.807, 2.05) is 71.4 Å². The lowest BCUT2D eigenvalue weighted by Crippen LogP contribution is -1.99. The van der Waals surface area contributed by atoms with Gasteiger partial charge in [0.25, 0.3) is 0 Å². The van der Waals surface area contributed by atoms with Crippen LogP contribution >= 0.6 is 11.3 Å². The van der Waals surface area contributed by atoms with E-state index in [9.17, 15) is 0 Å². The Kier molecular flexibility index (Phi) is 5.67. The van der Waals surface area contributed by atoms with Crippen molar-refractivity contribution in [2.45, 2.75) is 6.92 Å². The maximum atomic E-state index is 5.34. The molecular weight excluding hydrogens is 430 g/mol. The Hall–Kier alpha value is -3.90. The lowest BCUT2D eigenvalue weighted by molar-refractivity contribution is 0.414. The first-order valence-electron chi connectivity index (χ1n) is 10.6. The summed E-state index contributed by atoms with van der Waals surface area (Å²) in [5, 5.41) is 5.80. The summed E-state index contributed by atoms with van der Waals surface area (Å²) in [6.07, 6.45) is 0. The molecular formula is C27H23N3O2S. The highest BCUT2D eigenvalue weighted by molar-refractivity contribution is 7.14. The second-order valence-electron chi connectivity index (χ2n) is 7.55. The van der Waals surface area contributed by atoms with Crippen LogP contribution in [0.5, 0.6) is 11.5 Å². The molecule has 0 saturated heterocycles. The second-order valence-corrected chi connectivity index (χ2v) is 8.73. The number of methoxy groups -OCH3 is 2. The molecule has 0 aliphatic heterocycles. The van der Waals surface area contributed by atoms with Crippen LogP contribution in [0.15, 0.2) is 84.9 Å². The fraction of sp³-hybridized carbons (Fsp3) is 0.111. The molecule has 0 fully saturated rings. The average Bonchev–Trinajstić information content (AvgIpc) is 3.49. The van der Waals surface area contributed by atoms with E-state index in [2.05, 4.69) is 25.1 Å². The SMILES string of the molecule is COc1ccc(-c2cc(-c3ccc(OC)cc3)n(-c3nc(-c4ccccc4)c(C)s3)n2)cc1. The van der Waals surface area contributed by atoms with Gasteiger partial charge in [-0.05, 0) is 61.5 Å². The summed E-state index contributed by atoms with van der Waals surface area (Å²) in [7, 11) is 3.34. The van der Waals surface area contributed by atoms with Gasteiger partial charge in [0.2, 0.25) is 5.13 Å². The van der Waals surface area contributed by atoms with Gasteiger partial charge in [-0.1, -0.05) is 41.7 Å². The Morgan fingerprint density at radius 3 is 1.94 bits per heavy atom. The van der Waals surface area contributed by atoms with Gasteiger partial charge in [0.05, 0.1) is 31.3 Å². The van der Waals surface area contributed by atoms with Crippen LogP contribution in [-0.4, -0.2) is 29.0 Å². The molecule has 0 aliphatic rings. The first kappa shape index (κ1) is 21.0. The number of nitrogens with zero attached hydrogens (tertiary/aromatic N) is 3. The van der Waals surface area contributed by atoms with Crippen LogP contribution in [0.4, 0.5) is 0 Å². The van der Waals surface area contributed by atoms with Crippen LogP contribution in [0.25, 0.3) is 38.9 Å². The number of aryl methyl sites for hydroxylation is 1. The van der Waals surface area contributed by atoms with Crippen LogP contribution in [0, 0.1) is 6.92 Å². The first-order chi connectivity index (χ1) is 16.2. The maximum absolute atomic E-state index is 5.34. The molecule has 5 aromatic rings. The van der Waals surface area contributed by atoms with Crippen molar-refractivity contribution in [3.05, 3.63) is 89.8 Å². The van der Waals surface area contributed by atoms with E-state index in [0.717, 1.165) is 55.3 Å². The summed E-state index contributed by atoms with van der Waals surface area (Å²) in [6, 6.07) is 28.3. The van der Waals surface area contributed by atoms with Gasteiger partial charge in [-0.2, -0.15) is 5.10 Å². The van der Waals surface area contributed by atoms with Crippen molar-refractivity contribution < 1.29 is 9.47 Å². The minimum atomic E-state index is 0.816. The lowest BCUT2D eigenvalue weighted by Gasteiger charge is -2.05. The molecule has 0 saturated carbocycles. The predicted molar refractivity (Wildman–Crippen MR) is 133 cm³/mol. The smallest absolute Gasteiger partial charge is 0.211 e. The number of ether oxygens (including phenoxy) is 2. The van der Waals surface area contributed by atoms with Gasteiger partial charge in [0.15, 0.2) is 0 Å². The molecule has 0 amide bonds. The average molecular weight is 454 g/mol. The minimum absolute atomic E-state index is 0.816. The Labute approximate surface area is 196 Å². The Bertz CT molecular complexity index is 1370. The standard InChI is InChI=1S/C27H23N3O2S/c1-18-26(21-7-5-4-6-8-21)28-27(33-18)30-25(20-11-15-23(32-3)16-12-20)17-24(29-30)19-9-13-22(31-2)14-10-19/h4-17H,1-3H3. The third kappa shape index (κ3) is 4.13. The van der Waals surface area contributed by atoms with Gasteiger partial charge >= 0.3 is 0 Å². The monoisotopic (exact) mass is 453 g/mol. The molecule has 33 heavy (non-hydrogen) atoms. The molecule has 2 aromatic heterocycles. The first-order valence-corrected chi connectivity index (χ1v) is 11.4. The van der Waals surface area contributed by atoms with Crippen LogP contribution in [0.1, 0.15) is 4.88 Å². The zero-order valence-electron chi connectivity index (χ0n) is 18.6. The summed E-state index contributed by atoms with van der Waals surface area (Å²) in [4.78, 5) is 6.13. The van der Waals surface area contributed by atoms with Crippen molar-refractivity contribution in [3.8, 4) is 50.4 Å². The number of thiazole rings is 1. The molecule has 0 atom stereocenters. The molecule has 0 unspecified atom stereocenters. The van der Waals surface area contributed by atoms with Crippen molar-refractivity contribution in [3.63, 3.8) is 0 Å². The molecule has 3 aromatic carbocycles. The number of aromatic nitrogens is 3. The molecule has 0 aliphatic carbocycles. The topological polar surface area (TPSA) is 49.2 Å². The van der Waals surface area contributed by atoms with Crippen LogP contribution < -0.4 is 9.47 Å².